The zero-order valence-corrected chi connectivity index (χ0v) is 10.3. The Morgan fingerprint density at radius 3 is 2.79 bits per heavy atom. The van der Waals surface area contributed by atoms with Gasteiger partial charge in [0.1, 0.15) is 0 Å². The van der Waals surface area contributed by atoms with Crippen molar-refractivity contribution < 1.29 is 13.9 Å². The molecule has 0 spiro atoms. The third kappa shape index (κ3) is 2.26. The highest BCUT2D eigenvalue weighted by molar-refractivity contribution is 5.90. The first kappa shape index (κ1) is 11.6. The number of hydrogen-bond acceptors (Lipinski definition) is 8. The number of rotatable bonds is 3. The summed E-state index contributed by atoms with van der Waals surface area (Å²) in [5.41, 5.74) is 0.254. The van der Waals surface area contributed by atoms with E-state index in [4.69, 9.17) is 4.52 Å². The molecule has 2 aromatic heterocycles. The minimum absolute atomic E-state index is 0.182. The number of carbonyl (C=O) groups excluding carboxylic acids is 1. The van der Waals surface area contributed by atoms with Gasteiger partial charge in [-0.15, -0.1) is 0 Å². The van der Waals surface area contributed by atoms with Crippen molar-refractivity contribution in [3.8, 4) is 11.5 Å². The maximum Gasteiger partial charge on any atom is 0.324 e. The molecule has 1 aliphatic heterocycles. The van der Waals surface area contributed by atoms with Gasteiger partial charge in [-0.25, -0.2) is 4.63 Å². The highest BCUT2D eigenvalue weighted by atomic mass is 16.6. The maximum atomic E-state index is 11.0. The molecule has 0 saturated carbocycles. The van der Waals surface area contributed by atoms with Crippen LogP contribution in [0, 0.1) is 0 Å². The Labute approximate surface area is 107 Å². The quantitative estimate of drug-likeness (QED) is 0.861. The number of carbonyl (C=O) groups is 1. The van der Waals surface area contributed by atoms with Crippen LogP contribution in [0.15, 0.2) is 9.15 Å². The van der Waals surface area contributed by atoms with Crippen LogP contribution in [0.2, 0.25) is 0 Å². The van der Waals surface area contributed by atoms with Crippen LogP contribution in [0.3, 0.4) is 0 Å². The van der Waals surface area contributed by atoms with E-state index in [1.807, 2.05) is 4.90 Å². The zero-order valence-electron chi connectivity index (χ0n) is 10.3. The predicted molar refractivity (Wildman–Crippen MR) is 63.3 cm³/mol. The van der Waals surface area contributed by atoms with E-state index in [0.717, 1.165) is 25.9 Å². The van der Waals surface area contributed by atoms with Gasteiger partial charge >= 0.3 is 6.01 Å². The molecule has 0 atom stereocenters. The second kappa shape index (κ2) is 4.67. The number of anilines is 2. The second-order valence-corrected chi connectivity index (χ2v) is 4.24. The normalized spacial score (nSPS) is 14.9. The average molecular weight is 264 g/mol. The minimum Gasteiger partial charge on any atom is -0.324 e. The van der Waals surface area contributed by atoms with E-state index in [1.54, 1.807) is 0 Å². The van der Waals surface area contributed by atoms with Crippen LogP contribution in [0.1, 0.15) is 19.8 Å². The Morgan fingerprint density at radius 2 is 2.05 bits per heavy atom. The molecule has 0 aromatic carbocycles. The molecular formula is C10H12N6O3. The van der Waals surface area contributed by atoms with Crippen LogP contribution in [0.25, 0.3) is 11.5 Å². The van der Waals surface area contributed by atoms with Gasteiger partial charge in [0.15, 0.2) is 5.69 Å². The smallest absolute Gasteiger partial charge is 0.324 e. The fraction of sp³-hybridized carbons (Fsp3) is 0.500. The van der Waals surface area contributed by atoms with Crippen LogP contribution in [-0.2, 0) is 4.79 Å². The summed E-state index contributed by atoms with van der Waals surface area (Å²) in [6.07, 6.45) is 2.22. The molecular weight excluding hydrogens is 252 g/mol. The summed E-state index contributed by atoms with van der Waals surface area (Å²) < 4.78 is 9.76. The highest BCUT2D eigenvalue weighted by Crippen LogP contribution is 2.25. The summed E-state index contributed by atoms with van der Waals surface area (Å²) in [7, 11) is 0. The number of amides is 1. The molecule has 0 aliphatic carbocycles. The molecule has 0 bridgehead atoms. The SMILES string of the molecule is CC(=O)Nc1nonc1-c1noc(N2CCCC2)n1. The Morgan fingerprint density at radius 1 is 1.26 bits per heavy atom. The van der Waals surface area contributed by atoms with Crippen molar-refractivity contribution in [2.45, 2.75) is 19.8 Å². The van der Waals surface area contributed by atoms with Gasteiger partial charge in [0, 0.05) is 20.0 Å². The predicted octanol–water partition coefficient (Wildman–Crippen LogP) is 0.678. The molecule has 3 rings (SSSR count). The first-order valence-electron chi connectivity index (χ1n) is 5.93. The van der Waals surface area contributed by atoms with Crippen LogP contribution >= 0.6 is 0 Å². The van der Waals surface area contributed by atoms with E-state index in [2.05, 4.69) is 30.4 Å². The molecule has 9 nitrogen and oxygen atoms in total. The van der Waals surface area contributed by atoms with Crippen LogP contribution in [0.4, 0.5) is 11.8 Å². The van der Waals surface area contributed by atoms with E-state index in [1.165, 1.54) is 6.92 Å². The lowest BCUT2D eigenvalue weighted by Gasteiger charge is -2.08. The van der Waals surface area contributed by atoms with Crippen molar-refractivity contribution in [2.75, 3.05) is 23.3 Å². The molecule has 1 aliphatic rings. The molecule has 3 heterocycles. The lowest BCUT2D eigenvalue weighted by atomic mass is 10.4. The molecule has 1 N–H and O–H groups in total. The standard InChI is InChI=1S/C10H12N6O3/c1-6(17)11-8-7(13-19-15-8)9-12-10(18-14-9)16-4-2-3-5-16/h2-5H2,1H3,(H,11,15,17). The van der Waals surface area contributed by atoms with Gasteiger partial charge < -0.3 is 14.7 Å². The summed E-state index contributed by atoms with van der Waals surface area (Å²) in [6, 6.07) is 0.448. The molecule has 9 heteroatoms. The molecule has 100 valence electrons. The molecule has 1 saturated heterocycles. The summed E-state index contributed by atoms with van der Waals surface area (Å²) in [6.45, 7) is 3.17. The summed E-state index contributed by atoms with van der Waals surface area (Å²) >= 11 is 0. The molecule has 1 fully saturated rings. The van der Waals surface area contributed by atoms with E-state index < -0.39 is 0 Å². The van der Waals surface area contributed by atoms with E-state index in [0.29, 0.717) is 6.01 Å². The Balaban J connectivity index is 1.86. The zero-order chi connectivity index (χ0) is 13.2. The average Bonchev–Trinajstić information content (AvgIpc) is 3.08. The first-order chi connectivity index (χ1) is 9.24. The lowest BCUT2D eigenvalue weighted by Crippen LogP contribution is -2.17. The summed E-state index contributed by atoms with van der Waals surface area (Å²) in [5.74, 6) is 0.147. The number of nitrogens with one attached hydrogen (secondary N) is 1. The van der Waals surface area contributed by atoms with Crippen LogP contribution in [0.5, 0.6) is 0 Å². The first-order valence-corrected chi connectivity index (χ1v) is 5.93. The van der Waals surface area contributed by atoms with E-state index in [-0.39, 0.29) is 23.2 Å². The number of nitrogens with zero attached hydrogens (tertiary/aromatic N) is 5. The van der Waals surface area contributed by atoms with Crippen molar-refractivity contribution >= 4 is 17.7 Å². The van der Waals surface area contributed by atoms with Crippen molar-refractivity contribution in [3.05, 3.63) is 0 Å². The van der Waals surface area contributed by atoms with Gasteiger partial charge in [-0.05, 0) is 23.2 Å². The maximum absolute atomic E-state index is 11.0. The van der Waals surface area contributed by atoms with Gasteiger partial charge in [0.25, 0.3) is 0 Å². The minimum atomic E-state index is -0.278. The fourth-order valence-electron chi connectivity index (χ4n) is 1.93. The third-order valence-electron chi connectivity index (χ3n) is 2.79. The fourth-order valence-corrected chi connectivity index (χ4v) is 1.93. The molecule has 0 radical (unpaired) electrons. The topological polar surface area (TPSA) is 110 Å². The molecule has 1 amide bonds. The highest BCUT2D eigenvalue weighted by Gasteiger charge is 2.23. The van der Waals surface area contributed by atoms with Crippen molar-refractivity contribution in [2.24, 2.45) is 0 Å². The lowest BCUT2D eigenvalue weighted by molar-refractivity contribution is -0.114. The second-order valence-electron chi connectivity index (χ2n) is 4.24. The Bertz CT molecular complexity index is 586. The van der Waals surface area contributed by atoms with Gasteiger partial charge in [0.05, 0.1) is 0 Å². The Hall–Kier alpha value is -2.45. The Kier molecular flexibility index (Phi) is 2.86. The third-order valence-corrected chi connectivity index (χ3v) is 2.79. The van der Waals surface area contributed by atoms with Gasteiger partial charge in [0.2, 0.25) is 17.5 Å². The van der Waals surface area contributed by atoms with E-state index >= 15 is 0 Å². The van der Waals surface area contributed by atoms with Crippen molar-refractivity contribution in [1.82, 2.24) is 20.5 Å². The van der Waals surface area contributed by atoms with Crippen LogP contribution < -0.4 is 10.2 Å². The number of hydrogen-bond donors (Lipinski definition) is 1. The largest absolute Gasteiger partial charge is 0.324 e. The van der Waals surface area contributed by atoms with Gasteiger partial charge in [-0.1, -0.05) is 5.16 Å². The summed E-state index contributed by atoms with van der Waals surface area (Å²) in [4.78, 5) is 17.3. The summed E-state index contributed by atoms with van der Waals surface area (Å²) in [5, 5.41) is 13.6. The molecule has 19 heavy (non-hydrogen) atoms. The monoisotopic (exact) mass is 264 g/mol. The van der Waals surface area contributed by atoms with Gasteiger partial charge in [-0.2, -0.15) is 4.98 Å². The van der Waals surface area contributed by atoms with Crippen molar-refractivity contribution in [1.29, 1.82) is 0 Å². The van der Waals surface area contributed by atoms with Crippen LogP contribution in [-0.4, -0.2) is 39.5 Å². The molecule has 2 aromatic rings. The number of aromatic nitrogens is 4. The van der Waals surface area contributed by atoms with Gasteiger partial charge in [-0.3, -0.25) is 4.79 Å². The van der Waals surface area contributed by atoms with Crippen molar-refractivity contribution in [3.63, 3.8) is 0 Å². The van der Waals surface area contributed by atoms with E-state index in [9.17, 15) is 4.79 Å². The molecule has 0 unspecified atom stereocenters.